The molecule has 0 saturated carbocycles. The van der Waals surface area contributed by atoms with Crippen LogP contribution in [0.1, 0.15) is 11.1 Å². The molecule has 4 rings (SSSR count). The van der Waals surface area contributed by atoms with Crippen LogP contribution in [0.2, 0.25) is 0 Å². The van der Waals surface area contributed by atoms with Crippen LogP contribution in [0.15, 0.2) is 65.7 Å². The first-order chi connectivity index (χ1) is 15.5. The molecule has 0 aliphatic rings. The first kappa shape index (κ1) is 21.3. The van der Waals surface area contributed by atoms with E-state index in [-0.39, 0.29) is 36.9 Å². The highest BCUT2D eigenvalue weighted by Gasteiger charge is 2.18. The van der Waals surface area contributed by atoms with Gasteiger partial charge in [0, 0.05) is 30.1 Å². The number of fused-ring (bicyclic) bond motifs is 1. The summed E-state index contributed by atoms with van der Waals surface area (Å²) >= 11 is 0. The molecule has 2 N–H and O–H groups in total. The summed E-state index contributed by atoms with van der Waals surface area (Å²) in [5.41, 5.74) is 2.08. The summed E-state index contributed by atoms with van der Waals surface area (Å²) in [6.45, 7) is -0.377. The number of benzene rings is 2. The maximum atomic E-state index is 13.0. The van der Waals surface area contributed by atoms with E-state index in [0.717, 1.165) is 11.1 Å². The first-order valence-corrected chi connectivity index (χ1v) is 9.87. The van der Waals surface area contributed by atoms with Crippen molar-refractivity contribution >= 4 is 11.4 Å². The van der Waals surface area contributed by atoms with Crippen molar-refractivity contribution in [2.75, 3.05) is 7.11 Å². The Bertz CT molecular complexity index is 1310. The second-order valence-corrected chi connectivity index (χ2v) is 7.14. The van der Waals surface area contributed by atoms with E-state index in [1.165, 1.54) is 27.4 Å². The molecule has 0 spiro atoms. The second kappa shape index (κ2) is 9.03. The highest BCUT2D eigenvalue weighted by molar-refractivity contribution is 5.76. The number of methoxy groups -OCH3 is 1. The van der Waals surface area contributed by atoms with E-state index in [2.05, 4.69) is 10.4 Å². The Kier molecular flexibility index (Phi) is 6.00. The summed E-state index contributed by atoms with van der Waals surface area (Å²) in [6, 6.07) is 12.9. The lowest BCUT2D eigenvalue weighted by Gasteiger charge is -2.08. The monoisotopic (exact) mass is 436 g/mol. The van der Waals surface area contributed by atoms with Crippen LogP contribution >= 0.6 is 0 Å². The number of aliphatic hydroxyl groups is 1. The van der Waals surface area contributed by atoms with Gasteiger partial charge in [-0.1, -0.05) is 12.1 Å². The van der Waals surface area contributed by atoms with Crippen molar-refractivity contribution in [2.45, 2.75) is 19.7 Å². The van der Waals surface area contributed by atoms with Gasteiger partial charge in [0.05, 0.1) is 19.4 Å². The van der Waals surface area contributed by atoms with Crippen LogP contribution in [0.3, 0.4) is 0 Å². The number of nitrogens with zero attached hydrogens (tertiary/aromatic N) is 3. The van der Waals surface area contributed by atoms with Crippen LogP contribution in [-0.2, 0) is 24.5 Å². The quantitative estimate of drug-likeness (QED) is 0.463. The van der Waals surface area contributed by atoms with Gasteiger partial charge in [0.2, 0.25) is 5.91 Å². The zero-order valence-corrected chi connectivity index (χ0v) is 17.3. The number of nitrogens with one attached hydrogen (secondary N) is 1. The van der Waals surface area contributed by atoms with E-state index >= 15 is 0 Å². The molecule has 4 aromatic rings. The zero-order chi connectivity index (χ0) is 22.7. The molecule has 2 aromatic heterocycles. The van der Waals surface area contributed by atoms with Crippen LogP contribution in [-0.4, -0.2) is 32.3 Å². The summed E-state index contributed by atoms with van der Waals surface area (Å²) in [5, 5.41) is 17.1. The summed E-state index contributed by atoms with van der Waals surface area (Å²) in [4.78, 5) is 25.4. The summed E-state index contributed by atoms with van der Waals surface area (Å²) in [5.74, 6) is -0.0484. The molecule has 2 aromatic carbocycles. The Morgan fingerprint density at radius 3 is 2.50 bits per heavy atom. The zero-order valence-electron chi connectivity index (χ0n) is 17.3. The van der Waals surface area contributed by atoms with Gasteiger partial charge in [0.15, 0.2) is 0 Å². The molecule has 0 aliphatic heterocycles. The fourth-order valence-corrected chi connectivity index (χ4v) is 3.42. The van der Waals surface area contributed by atoms with E-state index in [9.17, 15) is 19.1 Å². The minimum Gasteiger partial charge on any atom is -0.497 e. The number of hydrogen-bond donors (Lipinski definition) is 2. The molecule has 32 heavy (non-hydrogen) atoms. The Morgan fingerprint density at radius 1 is 1.12 bits per heavy atom. The number of carbonyl (C=O) groups is 1. The molecule has 0 radical (unpaired) electrons. The highest BCUT2D eigenvalue weighted by atomic mass is 19.1. The third-order valence-electron chi connectivity index (χ3n) is 5.10. The smallest absolute Gasteiger partial charge is 0.277 e. The van der Waals surface area contributed by atoms with Crippen molar-refractivity contribution in [1.82, 2.24) is 19.5 Å². The molecule has 164 valence electrons. The van der Waals surface area contributed by atoms with Crippen molar-refractivity contribution in [2.24, 2.45) is 0 Å². The Labute approximate surface area is 182 Å². The van der Waals surface area contributed by atoms with Gasteiger partial charge in [0.1, 0.15) is 23.6 Å². The van der Waals surface area contributed by atoms with Crippen LogP contribution in [0.4, 0.5) is 4.39 Å². The first-order valence-electron chi connectivity index (χ1n) is 9.87. The van der Waals surface area contributed by atoms with E-state index in [1.54, 1.807) is 49.7 Å². The molecule has 0 unspecified atom stereocenters. The van der Waals surface area contributed by atoms with E-state index in [4.69, 9.17) is 4.74 Å². The lowest BCUT2D eigenvalue weighted by Crippen LogP contribution is -2.32. The molecule has 0 fully saturated rings. The van der Waals surface area contributed by atoms with Crippen LogP contribution < -0.4 is 15.6 Å². The molecule has 0 atom stereocenters. The number of hydrogen-bond acceptors (Lipinski definition) is 5. The average Bonchev–Trinajstić information content (AvgIpc) is 3.20. The maximum absolute atomic E-state index is 13.0. The van der Waals surface area contributed by atoms with Crippen molar-refractivity contribution < 1.29 is 19.0 Å². The summed E-state index contributed by atoms with van der Waals surface area (Å²) in [7, 11) is 1.57. The lowest BCUT2D eigenvalue weighted by molar-refractivity contribution is -0.121. The van der Waals surface area contributed by atoms with Crippen molar-refractivity contribution in [3.8, 4) is 17.0 Å². The van der Waals surface area contributed by atoms with E-state index in [1.807, 2.05) is 0 Å². The fraction of sp³-hybridized carbons (Fsp3) is 0.174. The Hall–Kier alpha value is -3.98. The SMILES string of the molecule is COc1ccc(-c2nn3ccn(CC(=O)NCc4ccc(F)cc4)c(=O)c3c2CO)cc1. The molecular formula is C23H21FN4O4. The third-order valence-corrected chi connectivity index (χ3v) is 5.10. The molecule has 0 bridgehead atoms. The molecule has 0 aliphatic carbocycles. The third kappa shape index (κ3) is 4.23. The Morgan fingerprint density at radius 2 is 1.84 bits per heavy atom. The minimum absolute atomic E-state index is 0.201. The van der Waals surface area contributed by atoms with Crippen LogP contribution in [0.5, 0.6) is 5.75 Å². The summed E-state index contributed by atoms with van der Waals surface area (Å²) in [6.07, 6.45) is 3.04. The van der Waals surface area contributed by atoms with Crippen molar-refractivity contribution in [3.63, 3.8) is 0 Å². The van der Waals surface area contributed by atoms with Crippen molar-refractivity contribution in [1.29, 1.82) is 0 Å². The minimum atomic E-state index is -0.444. The van der Waals surface area contributed by atoms with Gasteiger partial charge in [-0.2, -0.15) is 5.10 Å². The fourth-order valence-electron chi connectivity index (χ4n) is 3.42. The summed E-state index contributed by atoms with van der Waals surface area (Å²) < 4.78 is 20.8. The van der Waals surface area contributed by atoms with Crippen LogP contribution in [0.25, 0.3) is 16.8 Å². The number of aliphatic hydroxyl groups excluding tert-OH is 1. The Balaban J connectivity index is 1.59. The van der Waals surface area contributed by atoms with Gasteiger partial charge in [-0.3, -0.25) is 9.59 Å². The molecule has 8 nitrogen and oxygen atoms in total. The number of carbonyl (C=O) groups excluding carboxylic acids is 1. The number of halogens is 1. The van der Waals surface area contributed by atoms with Gasteiger partial charge < -0.3 is 19.7 Å². The standard InChI is InChI=1S/C23H21FN4O4/c1-32-18-8-4-16(5-9-18)21-19(14-29)22-23(31)27(10-11-28(22)26-21)13-20(30)25-12-15-2-6-17(24)7-3-15/h2-11,29H,12-14H2,1H3,(H,25,30). The molecule has 2 heterocycles. The normalized spacial score (nSPS) is 11.0. The second-order valence-electron chi connectivity index (χ2n) is 7.14. The lowest BCUT2D eigenvalue weighted by atomic mass is 10.1. The topological polar surface area (TPSA) is 97.9 Å². The average molecular weight is 436 g/mol. The van der Waals surface area contributed by atoms with Gasteiger partial charge in [0.25, 0.3) is 5.56 Å². The molecule has 1 amide bonds. The number of amides is 1. The van der Waals surface area contributed by atoms with E-state index < -0.39 is 5.56 Å². The van der Waals surface area contributed by atoms with Crippen LogP contribution in [0, 0.1) is 5.82 Å². The van der Waals surface area contributed by atoms with Gasteiger partial charge in [-0.05, 0) is 42.0 Å². The number of ether oxygens (including phenoxy) is 1. The number of rotatable bonds is 7. The predicted molar refractivity (Wildman–Crippen MR) is 116 cm³/mol. The highest BCUT2D eigenvalue weighted by Crippen LogP contribution is 2.26. The molecule has 0 saturated heterocycles. The maximum Gasteiger partial charge on any atom is 0.277 e. The predicted octanol–water partition coefficient (Wildman–Crippen LogP) is 2.12. The number of aromatic nitrogens is 3. The molecular weight excluding hydrogens is 415 g/mol. The van der Waals surface area contributed by atoms with Gasteiger partial charge in [-0.15, -0.1) is 0 Å². The van der Waals surface area contributed by atoms with Crippen molar-refractivity contribution in [3.05, 3.63) is 88.2 Å². The van der Waals surface area contributed by atoms with Gasteiger partial charge >= 0.3 is 0 Å². The van der Waals surface area contributed by atoms with E-state index in [0.29, 0.717) is 17.0 Å². The largest absolute Gasteiger partial charge is 0.497 e. The van der Waals surface area contributed by atoms with Gasteiger partial charge in [-0.25, -0.2) is 8.91 Å². The molecule has 9 heteroatoms.